The summed E-state index contributed by atoms with van der Waals surface area (Å²) in [7, 11) is 0. The number of hydrogen-bond acceptors (Lipinski definition) is 1. The van der Waals surface area contributed by atoms with E-state index in [-0.39, 0.29) is 0 Å². The van der Waals surface area contributed by atoms with Crippen LogP contribution in [-0.4, -0.2) is 0 Å². The maximum Gasteiger partial charge on any atom is 0.0355 e. The van der Waals surface area contributed by atoms with Gasteiger partial charge in [0.2, 0.25) is 0 Å². The van der Waals surface area contributed by atoms with Gasteiger partial charge in [-0.2, -0.15) is 0 Å². The van der Waals surface area contributed by atoms with Crippen LogP contribution in [-0.2, 0) is 0 Å². The molecule has 0 aliphatic rings. The minimum Gasteiger partial charge on any atom is -0.144 e. The fourth-order valence-corrected chi connectivity index (χ4v) is 4.39. The smallest absolute Gasteiger partial charge is 0.0355 e. The molecule has 0 N–H and O–H groups in total. The molecular weight excluding hydrogens is 320 g/mol. The molecule has 0 radical (unpaired) electrons. The van der Waals surface area contributed by atoms with Crippen LogP contribution in [0.15, 0.2) is 96.4 Å². The van der Waals surface area contributed by atoms with E-state index in [1.807, 2.05) is 11.3 Å². The molecule has 118 valence electrons. The van der Waals surface area contributed by atoms with E-state index in [2.05, 4.69) is 96.4 Å². The summed E-state index contributed by atoms with van der Waals surface area (Å²) in [5.74, 6) is 0. The Morgan fingerprint density at radius 3 is 2.04 bits per heavy atom. The maximum absolute atomic E-state index is 2.30. The highest BCUT2D eigenvalue weighted by atomic mass is 32.1. The molecule has 5 rings (SSSR count). The Labute approximate surface area is 151 Å². The third kappa shape index (κ3) is 2.45. The summed E-state index contributed by atoms with van der Waals surface area (Å²) in [5.41, 5.74) is 5.13. The quantitative estimate of drug-likeness (QED) is 0.315. The van der Waals surface area contributed by atoms with Gasteiger partial charge in [-0.1, -0.05) is 78.9 Å². The third-order valence-corrected chi connectivity index (χ3v) is 5.63. The first-order valence-corrected chi connectivity index (χ1v) is 9.33. The summed E-state index contributed by atoms with van der Waals surface area (Å²) in [4.78, 5) is 0. The average molecular weight is 336 g/mol. The summed E-state index contributed by atoms with van der Waals surface area (Å²) in [6.45, 7) is 0. The fourth-order valence-electron chi connectivity index (χ4n) is 3.55. The molecule has 1 heteroatoms. The minimum atomic E-state index is 1.26. The Bertz CT molecular complexity index is 1170. The van der Waals surface area contributed by atoms with E-state index in [0.29, 0.717) is 0 Å². The van der Waals surface area contributed by atoms with Crippen molar-refractivity contribution in [1.82, 2.24) is 0 Å². The van der Waals surface area contributed by atoms with Gasteiger partial charge in [-0.3, -0.25) is 0 Å². The van der Waals surface area contributed by atoms with Gasteiger partial charge in [0.1, 0.15) is 0 Å². The predicted molar refractivity (Wildman–Crippen MR) is 110 cm³/mol. The lowest BCUT2D eigenvalue weighted by Gasteiger charge is -2.10. The van der Waals surface area contributed by atoms with Gasteiger partial charge < -0.3 is 0 Å². The zero-order valence-corrected chi connectivity index (χ0v) is 14.5. The van der Waals surface area contributed by atoms with Crippen molar-refractivity contribution >= 4 is 32.2 Å². The molecule has 0 aliphatic heterocycles. The van der Waals surface area contributed by atoms with Crippen LogP contribution in [0.3, 0.4) is 0 Å². The van der Waals surface area contributed by atoms with Gasteiger partial charge in [-0.05, 0) is 50.5 Å². The van der Waals surface area contributed by atoms with Crippen molar-refractivity contribution < 1.29 is 0 Å². The summed E-state index contributed by atoms with van der Waals surface area (Å²) in [6.07, 6.45) is 0. The van der Waals surface area contributed by atoms with Crippen molar-refractivity contribution in [3.05, 3.63) is 96.4 Å². The Kier molecular flexibility index (Phi) is 3.39. The van der Waals surface area contributed by atoms with Crippen molar-refractivity contribution in [2.24, 2.45) is 0 Å². The zero-order chi connectivity index (χ0) is 16.6. The van der Waals surface area contributed by atoms with E-state index in [0.717, 1.165) is 0 Å². The summed E-state index contributed by atoms with van der Waals surface area (Å²) < 4.78 is 1.35. The first kappa shape index (κ1) is 14.4. The lowest BCUT2D eigenvalue weighted by atomic mass is 9.94. The number of fused-ring (bicyclic) bond motifs is 2. The monoisotopic (exact) mass is 336 g/mol. The van der Waals surface area contributed by atoms with Gasteiger partial charge in [-0.15, -0.1) is 11.3 Å². The lowest BCUT2D eigenvalue weighted by molar-refractivity contribution is 1.61. The molecule has 5 aromatic rings. The molecular formula is C24H16S. The van der Waals surface area contributed by atoms with Crippen molar-refractivity contribution in [3.8, 4) is 22.3 Å². The van der Waals surface area contributed by atoms with E-state index in [1.54, 1.807) is 0 Å². The molecule has 1 aromatic heterocycles. The average Bonchev–Trinajstić information content (AvgIpc) is 3.15. The third-order valence-electron chi connectivity index (χ3n) is 4.76. The minimum absolute atomic E-state index is 1.26. The van der Waals surface area contributed by atoms with Crippen molar-refractivity contribution in [2.45, 2.75) is 0 Å². The van der Waals surface area contributed by atoms with E-state index in [4.69, 9.17) is 0 Å². The SMILES string of the molecule is c1ccc(-c2ccc(-c3c4ccccc4cc4sccc34)cc2)cc1. The van der Waals surface area contributed by atoms with Crippen LogP contribution in [0.1, 0.15) is 0 Å². The van der Waals surface area contributed by atoms with Gasteiger partial charge in [0.15, 0.2) is 0 Å². The normalized spacial score (nSPS) is 11.2. The standard InChI is InChI=1S/C24H16S/c1-2-6-17(7-3-1)18-10-12-19(13-11-18)24-21-9-5-4-8-20(21)16-23-22(24)14-15-25-23/h1-16H. The van der Waals surface area contributed by atoms with Gasteiger partial charge in [0.05, 0.1) is 0 Å². The molecule has 0 aliphatic carbocycles. The number of hydrogen-bond donors (Lipinski definition) is 0. The second kappa shape index (κ2) is 5.87. The molecule has 0 atom stereocenters. The highest BCUT2D eigenvalue weighted by Crippen LogP contribution is 2.39. The number of rotatable bonds is 2. The Balaban J connectivity index is 1.73. The van der Waals surface area contributed by atoms with Gasteiger partial charge in [0.25, 0.3) is 0 Å². The van der Waals surface area contributed by atoms with Crippen LogP contribution in [0.25, 0.3) is 43.1 Å². The molecule has 0 spiro atoms. The van der Waals surface area contributed by atoms with Crippen LogP contribution in [0.2, 0.25) is 0 Å². The number of benzene rings is 4. The van der Waals surface area contributed by atoms with Crippen LogP contribution >= 0.6 is 11.3 Å². The van der Waals surface area contributed by atoms with Crippen LogP contribution in [0.4, 0.5) is 0 Å². The highest BCUT2D eigenvalue weighted by Gasteiger charge is 2.10. The Hall–Kier alpha value is -2.90. The van der Waals surface area contributed by atoms with E-state index >= 15 is 0 Å². The lowest BCUT2D eigenvalue weighted by Crippen LogP contribution is -1.84. The molecule has 1 heterocycles. The van der Waals surface area contributed by atoms with Gasteiger partial charge in [0, 0.05) is 10.1 Å². The van der Waals surface area contributed by atoms with Crippen LogP contribution < -0.4 is 0 Å². The van der Waals surface area contributed by atoms with E-state index < -0.39 is 0 Å². The highest BCUT2D eigenvalue weighted by molar-refractivity contribution is 7.17. The molecule has 0 nitrogen and oxygen atoms in total. The van der Waals surface area contributed by atoms with Gasteiger partial charge >= 0.3 is 0 Å². The Morgan fingerprint density at radius 1 is 0.520 bits per heavy atom. The summed E-state index contributed by atoms with van der Waals surface area (Å²) >= 11 is 1.81. The van der Waals surface area contributed by atoms with Crippen molar-refractivity contribution in [3.63, 3.8) is 0 Å². The summed E-state index contributed by atoms with van der Waals surface area (Å²) in [5, 5.41) is 6.15. The molecule has 0 unspecified atom stereocenters. The second-order valence-corrected chi connectivity index (χ2v) is 7.20. The van der Waals surface area contributed by atoms with E-state index in [9.17, 15) is 0 Å². The summed E-state index contributed by atoms with van der Waals surface area (Å²) in [6, 6.07) is 32.7. The Morgan fingerprint density at radius 2 is 1.20 bits per heavy atom. The van der Waals surface area contributed by atoms with Gasteiger partial charge in [-0.25, -0.2) is 0 Å². The van der Waals surface area contributed by atoms with Crippen LogP contribution in [0.5, 0.6) is 0 Å². The van der Waals surface area contributed by atoms with Crippen LogP contribution in [0, 0.1) is 0 Å². The largest absolute Gasteiger partial charge is 0.144 e. The maximum atomic E-state index is 2.30. The topological polar surface area (TPSA) is 0 Å². The molecule has 0 fully saturated rings. The molecule has 0 amide bonds. The number of thiophene rings is 1. The molecule has 4 aromatic carbocycles. The molecule has 0 saturated heterocycles. The molecule has 25 heavy (non-hydrogen) atoms. The zero-order valence-electron chi connectivity index (χ0n) is 13.6. The molecule has 0 bridgehead atoms. The van der Waals surface area contributed by atoms with Crippen molar-refractivity contribution in [2.75, 3.05) is 0 Å². The molecule has 0 saturated carbocycles. The second-order valence-electron chi connectivity index (χ2n) is 6.25. The van der Waals surface area contributed by atoms with E-state index in [1.165, 1.54) is 43.1 Å². The first-order valence-electron chi connectivity index (χ1n) is 8.45. The van der Waals surface area contributed by atoms with Crippen molar-refractivity contribution in [1.29, 1.82) is 0 Å². The predicted octanol–water partition coefficient (Wildman–Crippen LogP) is 7.39. The fraction of sp³-hybridized carbons (Fsp3) is 0. The first-order chi connectivity index (χ1) is 12.4.